The quantitative estimate of drug-likeness (QED) is 0.594. The Hall–Kier alpha value is -1.23. The van der Waals surface area contributed by atoms with E-state index >= 15 is 0 Å². The van der Waals surface area contributed by atoms with Gasteiger partial charge in [-0.25, -0.2) is 9.97 Å². The Balaban J connectivity index is 2.86. The van der Waals surface area contributed by atoms with E-state index in [0.717, 1.165) is 4.70 Å². The second-order valence-corrected chi connectivity index (χ2v) is 2.55. The molecule has 49 valence electrons. The van der Waals surface area contributed by atoms with Crippen LogP contribution in [0.4, 0.5) is 5.95 Å². The number of anilines is 1. The van der Waals surface area contributed by atoms with E-state index in [-0.39, 0.29) is 5.95 Å². The maximum atomic E-state index is 5.31. The SMILES string of the molecule is Nc1ncc2s[c]nc2n1. The zero-order valence-electron chi connectivity index (χ0n) is 4.90. The lowest BCUT2D eigenvalue weighted by atomic mass is 10.6. The maximum Gasteiger partial charge on any atom is 0.222 e. The van der Waals surface area contributed by atoms with Gasteiger partial charge in [-0.3, -0.25) is 0 Å². The first kappa shape index (κ1) is 5.55. The molecule has 0 bridgehead atoms. The number of rotatable bonds is 0. The summed E-state index contributed by atoms with van der Waals surface area (Å²) in [4.78, 5) is 11.5. The van der Waals surface area contributed by atoms with Gasteiger partial charge in [0.2, 0.25) is 5.95 Å². The van der Waals surface area contributed by atoms with Crippen molar-refractivity contribution in [3.05, 3.63) is 11.7 Å². The summed E-state index contributed by atoms with van der Waals surface area (Å²) in [6.45, 7) is 0. The minimum absolute atomic E-state index is 0.256. The van der Waals surface area contributed by atoms with E-state index < -0.39 is 0 Å². The number of nitrogens with zero attached hydrogens (tertiary/aromatic N) is 3. The van der Waals surface area contributed by atoms with Crippen LogP contribution in [0.2, 0.25) is 0 Å². The molecule has 0 saturated carbocycles. The molecule has 0 aliphatic carbocycles. The van der Waals surface area contributed by atoms with Crippen LogP contribution in [0.1, 0.15) is 0 Å². The fraction of sp³-hybridized carbons (Fsp3) is 0. The number of hydrogen-bond donors (Lipinski definition) is 1. The highest BCUT2D eigenvalue weighted by molar-refractivity contribution is 7.16. The number of thiazole rings is 1. The van der Waals surface area contributed by atoms with Crippen LogP contribution in [0, 0.1) is 5.51 Å². The number of nitrogen functional groups attached to an aromatic ring is 1. The third-order valence-corrected chi connectivity index (χ3v) is 1.75. The van der Waals surface area contributed by atoms with E-state index in [1.807, 2.05) is 0 Å². The molecular weight excluding hydrogens is 148 g/mol. The summed E-state index contributed by atoms with van der Waals surface area (Å²) in [6, 6.07) is 0. The summed E-state index contributed by atoms with van der Waals surface area (Å²) in [5.74, 6) is 0.256. The topological polar surface area (TPSA) is 64.7 Å². The van der Waals surface area contributed by atoms with Gasteiger partial charge in [0.1, 0.15) is 0 Å². The predicted molar refractivity (Wildman–Crippen MR) is 38.5 cm³/mol. The molecule has 0 atom stereocenters. The highest BCUT2D eigenvalue weighted by Gasteiger charge is 1.97. The van der Waals surface area contributed by atoms with Crippen molar-refractivity contribution in [1.29, 1.82) is 0 Å². The Labute approximate surface area is 60.8 Å². The standard InChI is InChI=1S/C5H3N4S/c6-5-7-1-3-4(9-5)8-2-10-3/h1H,(H2,6,7,9). The lowest BCUT2D eigenvalue weighted by molar-refractivity contribution is 1.22. The van der Waals surface area contributed by atoms with Gasteiger partial charge < -0.3 is 5.73 Å². The van der Waals surface area contributed by atoms with Crippen molar-refractivity contribution in [2.24, 2.45) is 0 Å². The van der Waals surface area contributed by atoms with Crippen molar-refractivity contribution >= 4 is 27.6 Å². The zero-order chi connectivity index (χ0) is 6.97. The molecule has 2 heterocycles. The predicted octanol–water partition coefficient (Wildman–Crippen LogP) is 0.469. The third kappa shape index (κ3) is 0.714. The maximum absolute atomic E-state index is 5.31. The fourth-order valence-electron chi connectivity index (χ4n) is 0.642. The Morgan fingerprint density at radius 3 is 3.40 bits per heavy atom. The van der Waals surface area contributed by atoms with Crippen LogP contribution in [0.15, 0.2) is 6.20 Å². The fourth-order valence-corrected chi connectivity index (χ4v) is 1.16. The Morgan fingerprint density at radius 2 is 2.50 bits per heavy atom. The largest absolute Gasteiger partial charge is 0.368 e. The molecule has 4 nitrogen and oxygen atoms in total. The van der Waals surface area contributed by atoms with Gasteiger partial charge in [-0.1, -0.05) is 0 Å². The Bertz CT molecular complexity index is 355. The first-order chi connectivity index (χ1) is 4.86. The molecule has 2 N–H and O–H groups in total. The average molecular weight is 151 g/mol. The van der Waals surface area contributed by atoms with E-state index in [9.17, 15) is 0 Å². The van der Waals surface area contributed by atoms with Gasteiger partial charge in [-0.2, -0.15) is 4.98 Å². The monoisotopic (exact) mass is 151 g/mol. The normalized spacial score (nSPS) is 10.4. The highest BCUT2D eigenvalue weighted by atomic mass is 32.1. The van der Waals surface area contributed by atoms with Gasteiger partial charge >= 0.3 is 0 Å². The molecule has 0 saturated heterocycles. The smallest absolute Gasteiger partial charge is 0.222 e. The molecule has 5 heteroatoms. The molecule has 0 unspecified atom stereocenters. The van der Waals surface area contributed by atoms with Crippen LogP contribution in [-0.2, 0) is 0 Å². The summed E-state index contributed by atoms with van der Waals surface area (Å²) in [7, 11) is 0. The Morgan fingerprint density at radius 1 is 1.60 bits per heavy atom. The minimum Gasteiger partial charge on any atom is -0.368 e. The molecule has 0 aliphatic heterocycles. The summed E-state index contributed by atoms with van der Waals surface area (Å²) >= 11 is 1.38. The van der Waals surface area contributed by atoms with Crippen molar-refractivity contribution in [2.75, 3.05) is 5.73 Å². The van der Waals surface area contributed by atoms with Gasteiger partial charge in [0.15, 0.2) is 11.2 Å². The van der Waals surface area contributed by atoms with Crippen LogP contribution >= 0.6 is 11.3 Å². The summed E-state index contributed by atoms with van der Waals surface area (Å²) in [5.41, 5.74) is 8.63. The van der Waals surface area contributed by atoms with Crippen LogP contribution in [0.5, 0.6) is 0 Å². The average Bonchev–Trinajstić information content (AvgIpc) is 2.33. The van der Waals surface area contributed by atoms with Crippen molar-refractivity contribution in [3.8, 4) is 0 Å². The number of hydrogen-bond acceptors (Lipinski definition) is 5. The van der Waals surface area contributed by atoms with Crippen molar-refractivity contribution < 1.29 is 0 Å². The summed E-state index contributed by atoms with van der Waals surface area (Å²) < 4.78 is 0.911. The lowest BCUT2D eigenvalue weighted by Gasteiger charge is -1.87. The van der Waals surface area contributed by atoms with Crippen LogP contribution in [-0.4, -0.2) is 15.0 Å². The van der Waals surface area contributed by atoms with Crippen molar-refractivity contribution in [3.63, 3.8) is 0 Å². The van der Waals surface area contributed by atoms with E-state index in [0.29, 0.717) is 5.65 Å². The van der Waals surface area contributed by atoms with Crippen LogP contribution in [0.3, 0.4) is 0 Å². The molecule has 2 rings (SSSR count). The molecule has 10 heavy (non-hydrogen) atoms. The lowest BCUT2D eigenvalue weighted by Crippen LogP contribution is -1.92. The summed E-state index contributed by atoms with van der Waals surface area (Å²) in [6.07, 6.45) is 1.64. The number of nitrogens with two attached hydrogens (primary N) is 1. The number of aromatic nitrogens is 3. The van der Waals surface area contributed by atoms with E-state index in [1.54, 1.807) is 6.20 Å². The molecule has 0 fully saturated rings. The summed E-state index contributed by atoms with van der Waals surface area (Å²) in [5, 5.41) is 0. The molecule has 0 spiro atoms. The molecule has 0 aromatic carbocycles. The van der Waals surface area contributed by atoms with Crippen LogP contribution in [0.25, 0.3) is 10.3 Å². The van der Waals surface area contributed by atoms with E-state index in [4.69, 9.17) is 5.73 Å². The zero-order valence-corrected chi connectivity index (χ0v) is 5.72. The van der Waals surface area contributed by atoms with Gasteiger partial charge in [0.05, 0.1) is 10.9 Å². The first-order valence-electron chi connectivity index (χ1n) is 2.61. The molecular formula is C5H3N4S. The Kier molecular flexibility index (Phi) is 1.04. The van der Waals surface area contributed by atoms with Crippen LogP contribution < -0.4 is 5.73 Å². The molecule has 2 aromatic rings. The number of fused-ring (bicyclic) bond motifs is 1. The van der Waals surface area contributed by atoms with Gasteiger partial charge in [-0.15, -0.1) is 11.3 Å². The molecule has 0 aliphatic rings. The minimum atomic E-state index is 0.256. The molecule has 1 radical (unpaired) electrons. The molecule has 2 aromatic heterocycles. The van der Waals surface area contributed by atoms with Crippen molar-refractivity contribution in [1.82, 2.24) is 15.0 Å². The van der Waals surface area contributed by atoms with E-state index in [2.05, 4.69) is 20.5 Å². The second kappa shape index (κ2) is 1.88. The van der Waals surface area contributed by atoms with E-state index in [1.165, 1.54) is 11.3 Å². The van der Waals surface area contributed by atoms with Gasteiger partial charge in [-0.05, 0) is 0 Å². The van der Waals surface area contributed by atoms with Gasteiger partial charge in [0, 0.05) is 0 Å². The van der Waals surface area contributed by atoms with Crippen molar-refractivity contribution in [2.45, 2.75) is 0 Å². The van der Waals surface area contributed by atoms with Gasteiger partial charge in [0.25, 0.3) is 0 Å². The first-order valence-corrected chi connectivity index (χ1v) is 3.43. The second-order valence-electron chi connectivity index (χ2n) is 1.72. The molecule has 0 amide bonds. The highest BCUT2D eigenvalue weighted by Crippen LogP contribution is 2.13. The third-order valence-electron chi connectivity index (χ3n) is 1.06.